The van der Waals surface area contributed by atoms with Crippen molar-refractivity contribution in [3.63, 3.8) is 0 Å². The Bertz CT molecular complexity index is 1030. The van der Waals surface area contributed by atoms with Gasteiger partial charge in [-0.3, -0.25) is 9.69 Å². The smallest absolute Gasteiger partial charge is 0.337 e. The van der Waals surface area contributed by atoms with Crippen molar-refractivity contribution in [2.45, 2.75) is 6.54 Å². The number of aliphatic imine (C=N–C) groups is 1. The lowest BCUT2D eigenvalue weighted by Crippen LogP contribution is -2.28. The molecule has 1 aliphatic heterocycles. The van der Waals surface area contributed by atoms with Gasteiger partial charge in [-0.15, -0.1) is 0 Å². The standard InChI is InChI=1S/C21H17FN2O5S/c1-28-18(25)11-17-19(26)24(12-13-3-7-15(22)8-4-13)21(30-17)23-16-9-5-14(6-10-16)20(27)29-2/h3-11H,12H2,1-2H3/b17-11+,23-21?. The Labute approximate surface area is 176 Å². The first-order valence-corrected chi connectivity index (χ1v) is 9.54. The van der Waals surface area contributed by atoms with Crippen LogP contribution in [0.3, 0.4) is 0 Å². The maximum absolute atomic E-state index is 13.2. The summed E-state index contributed by atoms with van der Waals surface area (Å²) in [7, 11) is 2.51. The molecule has 0 unspecified atom stereocenters. The van der Waals surface area contributed by atoms with Crippen molar-refractivity contribution in [1.82, 2.24) is 4.90 Å². The molecule has 3 rings (SSSR count). The highest BCUT2D eigenvalue weighted by Gasteiger charge is 2.34. The van der Waals surface area contributed by atoms with Gasteiger partial charge in [-0.05, 0) is 53.7 Å². The van der Waals surface area contributed by atoms with E-state index in [-0.39, 0.29) is 17.3 Å². The van der Waals surface area contributed by atoms with Gasteiger partial charge >= 0.3 is 11.9 Å². The number of amides is 1. The first-order chi connectivity index (χ1) is 14.4. The minimum Gasteiger partial charge on any atom is -0.466 e. The third-order valence-corrected chi connectivity index (χ3v) is 5.11. The van der Waals surface area contributed by atoms with Crippen LogP contribution in [-0.4, -0.2) is 42.1 Å². The van der Waals surface area contributed by atoms with Crippen LogP contribution in [0.2, 0.25) is 0 Å². The lowest BCUT2D eigenvalue weighted by atomic mass is 10.2. The summed E-state index contributed by atoms with van der Waals surface area (Å²) in [6, 6.07) is 12.1. The van der Waals surface area contributed by atoms with Gasteiger partial charge in [-0.2, -0.15) is 0 Å². The molecular weight excluding hydrogens is 411 g/mol. The summed E-state index contributed by atoms with van der Waals surface area (Å²) in [4.78, 5) is 42.0. The van der Waals surface area contributed by atoms with Crippen LogP contribution in [0.5, 0.6) is 0 Å². The summed E-state index contributed by atoms with van der Waals surface area (Å²) in [6.07, 6.45) is 1.10. The van der Waals surface area contributed by atoms with Crippen LogP contribution in [-0.2, 0) is 25.6 Å². The third-order valence-electron chi connectivity index (χ3n) is 4.11. The van der Waals surface area contributed by atoms with Crippen LogP contribution in [0.15, 0.2) is 64.5 Å². The number of esters is 2. The number of halogens is 1. The molecule has 0 bridgehead atoms. The molecule has 2 aromatic rings. The first kappa shape index (κ1) is 21.3. The second kappa shape index (κ2) is 9.36. The Morgan fingerprint density at radius 2 is 1.73 bits per heavy atom. The predicted octanol–water partition coefficient (Wildman–Crippen LogP) is 3.43. The molecule has 0 spiro atoms. The molecule has 7 nitrogen and oxygen atoms in total. The van der Waals surface area contributed by atoms with Gasteiger partial charge in [-0.25, -0.2) is 19.0 Å². The Morgan fingerprint density at radius 1 is 1.07 bits per heavy atom. The molecule has 0 saturated carbocycles. The van der Waals surface area contributed by atoms with Gasteiger partial charge in [0.25, 0.3) is 5.91 Å². The van der Waals surface area contributed by atoms with Gasteiger partial charge < -0.3 is 9.47 Å². The molecule has 30 heavy (non-hydrogen) atoms. The molecule has 1 heterocycles. The van der Waals surface area contributed by atoms with E-state index in [1.165, 1.54) is 31.3 Å². The minimum absolute atomic E-state index is 0.143. The van der Waals surface area contributed by atoms with E-state index in [1.807, 2.05) is 0 Å². The molecule has 0 N–H and O–H groups in total. The van der Waals surface area contributed by atoms with Crippen molar-refractivity contribution in [3.8, 4) is 0 Å². The average Bonchev–Trinajstić information content (AvgIpc) is 3.03. The van der Waals surface area contributed by atoms with Crippen LogP contribution in [0, 0.1) is 5.82 Å². The fourth-order valence-electron chi connectivity index (χ4n) is 2.57. The van der Waals surface area contributed by atoms with Crippen LogP contribution in [0.1, 0.15) is 15.9 Å². The Hall–Kier alpha value is -3.46. The van der Waals surface area contributed by atoms with E-state index in [2.05, 4.69) is 14.5 Å². The summed E-state index contributed by atoms with van der Waals surface area (Å²) in [5, 5.41) is 0.338. The zero-order valence-electron chi connectivity index (χ0n) is 16.1. The predicted molar refractivity (Wildman–Crippen MR) is 110 cm³/mol. The molecule has 0 aliphatic carbocycles. The lowest BCUT2D eigenvalue weighted by Gasteiger charge is -2.15. The topological polar surface area (TPSA) is 85.3 Å². The summed E-state index contributed by atoms with van der Waals surface area (Å²) >= 11 is 1.02. The Morgan fingerprint density at radius 3 is 2.33 bits per heavy atom. The number of ether oxygens (including phenoxy) is 2. The number of thioether (sulfide) groups is 1. The summed E-state index contributed by atoms with van der Waals surface area (Å²) in [5.41, 5.74) is 1.56. The Balaban J connectivity index is 1.93. The number of nitrogens with zero attached hydrogens (tertiary/aromatic N) is 2. The number of amidine groups is 1. The van der Waals surface area contributed by atoms with E-state index >= 15 is 0 Å². The van der Waals surface area contributed by atoms with Crippen molar-refractivity contribution >= 4 is 40.5 Å². The molecule has 1 amide bonds. The highest BCUT2D eigenvalue weighted by Crippen LogP contribution is 2.34. The number of hydrogen-bond acceptors (Lipinski definition) is 7. The molecule has 1 saturated heterocycles. The van der Waals surface area contributed by atoms with E-state index in [9.17, 15) is 18.8 Å². The monoisotopic (exact) mass is 428 g/mol. The number of benzene rings is 2. The fourth-order valence-corrected chi connectivity index (χ4v) is 3.53. The first-order valence-electron chi connectivity index (χ1n) is 8.72. The van der Waals surface area contributed by atoms with Crippen LogP contribution in [0.25, 0.3) is 0 Å². The molecular formula is C21H17FN2O5S. The van der Waals surface area contributed by atoms with Gasteiger partial charge in [0.15, 0.2) is 5.17 Å². The summed E-state index contributed by atoms with van der Waals surface area (Å²) in [5.74, 6) is -1.93. The highest BCUT2D eigenvalue weighted by molar-refractivity contribution is 8.18. The van der Waals surface area contributed by atoms with Crippen LogP contribution in [0.4, 0.5) is 10.1 Å². The summed E-state index contributed by atoms with van der Waals surface area (Å²) in [6.45, 7) is 0.143. The quantitative estimate of drug-likeness (QED) is 0.536. The highest BCUT2D eigenvalue weighted by atomic mass is 32.2. The molecule has 0 aromatic heterocycles. The fraction of sp³-hybridized carbons (Fsp3) is 0.143. The van der Waals surface area contributed by atoms with Crippen molar-refractivity contribution in [2.24, 2.45) is 4.99 Å². The van der Waals surface area contributed by atoms with Crippen molar-refractivity contribution < 1.29 is 28.2 Å². The van der Waals surface area contributed by atoms with Crippen molar-refractivity contribution in [3.05, 3.63) is 76.5 Å². The van der Waals surface area contributed by atoms with E-state index in [0.29, 0.717) is 22.0 Å². The van der Waals surface area contributed by atoms with Crippen molar-refractivity contribution in [1.29, 1.82) is 0 Å². The second-order valence-electron chi connectivity index (χ2n) is 6.08. The molecule has 0 radical (unpaired) electrons. The van der Waals surface area contributed by atoms with E-state index in [0.717, 1.165) is 17.8 Å². The zero-order valence-corrected chi connectivity index (χ0v) is 16.9. The maximum atomic E-state index is 13.2. The third kappa shape index (κ3) is 4.93. The number of rotatable bonds is 5. The number of carbonyl (C=O) groups excluding carboxylic acids is 3. The normalized spacial score (nSPS) is 16.2. The van der Waals surface area contributed by atoms with Gasteiger partial charge in [0.2, 0.25) is 0 Å². The molecule has 154 valence electrons. The van der Waals surface area contributed by atoms with E-state index < -0.39 is 17.8 Å². The second-order valence-corrected chi connectivity index (χ2v) is 7.09. The SMILES string of the molecule is COC(=O)/C=C1/SC(=Nc2ccc(C(=O)OC)cc2)N(Cc2ccc(F)cc2)C1=O. The molecule has 1 aliphatic rings. The number of methoxy groups -OCH3 is 2. The largest absolute Gasteiger partial charge is 0.466 e. The van der Waals surface area contributed by atoms with Gasteiger partial charge in [-0.1, -0.05) is 12.1 Å². The van der Waals surface area contributed by atoms with Gasteiger partial charge in [0.1, 0.15) is 5.82 Å². The minimum atomic E-state index is -0.656. The number of hydrogen-bond donors (Lipinski definition) is 0. The van der Waals surface area contributed by atoms with Gasteiger partial charge in [0, 0.05) is 6.08 Å². The zero-order chi connectivity index (χ0) is 21.7. The maximum Gasteiger partial charge on any atom is 0.337 e. The number of carbonyl (C=O) groups is 3. The lowest BCUT2D eigenvalue weighted by molar-refractivity contribution is -0.135. The Kier molecular flexibility index (Phi) is 6.63. The van der Waals surface area contributed by atoms with E-state index in [1.54, 1.807) is 36.4 Å². The molecule has 1 fully saturated rings. The summed E-state index contributed by atoms with van der Waals surface area (Å²) < 4.78 is 22.5. The van der Waals surface area contributed by atoms with Crippen LogP contribution < -0.4 is 0 Å². The van der Waals surface area contributed by atoms with Gasteiger partial charge in [0.05, 0.1) is 36.9 Å². The molecule has 9 heteroatoms. The van der Waals surface area contributed by atoms with E-state index in [4.69, 9.17) is 0 Å². The van der Waals surface area contributed by atoms with Crippen LogP contribution >= 0.6 is 11.8 Å². The van der Waals surface area contributed by atoms with Crippen molar-refractivity contribution in [2.75, 3.05) is 14.2 Å². The molecule has 2 aromatic carbocycles. The molecule has 0 atom stereocenters. The average molecular weight is 428 g/mol.